The van der Waals surface area contributed by atoms with Gasteiger partial charge in [-0.2, -0.15) is 0 Å². The van der Waals surface area contributed by atoms with Gasteiger partial charge in [0, 0.05) is 5.75 Å². The first-order chi connectivity index (χ1) is 8.00. The Balaban J connectivity index is 2.25. The summed E-state index contributed by atoms with van der Waals surface area (Å²) in [7, 11) is 0. The molecule has 2 heterocycles. The van der Waals surface area contributed by atoms with E-state index in [1.54, 1.807) is 19.9 Å². The third-order valence-electron chi connectivity index (χ3n) is 2.70. The van der Waals surface area contributed by atoms with Crippen LogP contribution in [0.5, 0.6) is 0 Å². The molecular formula is C11H13NO4S. The van der Waals surface area contributed by atoms with E-state index in [0.717, 1.165) is 0 Å². The highest BCUT2D eigenvalue weighted by molar-refractivity contribution is 7.99. The van der Waals surface area contributed by atoms with Crippen molar-refractivity contribution >= 4 is 23.6 Å². The summed E-state index contributed by atoms with van der Waals surface area (Å²) in [4.78, 5) is 24.6. The third-order valence-corrected chi connectivity index (χ3v) is 3.71. The Labute approximate surface area is 103 Å². The van der Waals surface area contributed by atoms with Crippen LogP contribution in [0.1, 0.15) is 21.9 Å². The SMILES string of the molecule is Cc1cc(C(=O)N2CSCC2C(=O)O)c(C)o1. The molecule has 0 radical (unpaired) electrons. The van der Waals surface area contributed by atoms with Crippen molar-refractivity contribution in [2.24, 2.45) is 0 Å². The Kier molecular flexibility index (Phi) is 3.15. The van der Waals surface area contributed by atoms with Gasteiger partial charge >= 0.3 is 5.97 Å². The highest BCUT2D eigenvalue weighted by atomic mass is 32.2. The van der Waals surface area contributed by atoms with Gasteiger partial charge in [-0.15, -0.1) is 11.8 Å². The molecule has 17 heavy (non-hydrogen) atoms. The second kappa shape index (κ2) is 4.44. The maximum absolute atomic E-state index is 12.2. The summed E-state index contributed by atoms with van der Waals surface area (Å²) in [6.45, 7) is 3.47. The van der Waals surface area contributed by atoms with Crippen LogP contribution < -0.4 is 0 Å². The first-order valence-electron chi connectivity index (χ1n) is 5.19. The van der Waals surface area contributed by atoms with Gasteiger partial charge in [-0.3, -0.25) is 4.79 Å². The first kappa shape index (κ1) is 12.0. The number of aliphatic carboxylic acids is 1. The highest BCUT2D eigenvalue weighted by Crippen LogP contribution is 2.25. The summed E-state index contributed by atoms with van der Waals surface area (Å²) < 4.78 is 5.29. The van der Waals surface area contributed by atoms with Gasteiger partial charge in [0.25, 0.3) is 5.91 Å². The molecule has 1 aromatic heterocycles. The molecule has 1 unspecified atom stereocenters. The molecule has 0 aliphatic carbocycles. The first-order valence-corrected chi connectivity index (χ1v) is 6.34. The molecule has 0 spiro atoms. The molecule has 5 nitrogen and oxygen atoms in total. The van der Waals surface area contributed by atoms with Crippen molar-refractivity contribution in [1.29, 1.82) is 0 Å². The van der Waals surface area contributed by atoms with Crippen molar-refractivity contribution in [2.75, 3.05) is 11.6 Å². The number of nitrogens with zero attached hydrogens (tertiary/aromatic N) is 1. The smallest absolute Gasteiger partial charge is 0.327 e. The molecule has 0 saturated carbocycles. The number of amides is 1. The summed E-state index contributed by atoms with van der Waals surface area (Å²) in [5, 5.41) is 9.02. The molecule has 0 bridgehead atoms. The van der Waals surface area contributed by atoms with Crippen molar-refractivity contribution in [2.45, 2.75) is 19.9 Å². The summed E-state index contributed by atoms with van der Waals surface area (Å²) >= 11 is 1.45. The quantitative estimate of drug-likeness (QED) is 0.867. The second-order valence-corrected chi connectivity index (χ2v) is 4.96. The van der Waals surface area contributed by atoms with Crippen LogP contribution in [0.3, 0.4) is 0 Å². The molecule has 1 aliphatic rings. The Morgan fingerprint density at radius 1 is 1.53 bits per heavy atom. The molecule has 6 heteroatoms. The van der Waals surface area contributed by atoms with Crippen LogP contribution in [0.2, 0.25) is 0 Å². The fourth-order valence-electron chi connectivity index (χ4n) is 1.85. The van der Waals surface area contributed by atoms with Gasteiger partial charge in [0.1, 0.15) is 17.6 Å². The van der Waals surface area contributed by atoms with Crippen LogP contribution in [0.4, 0.5) is 0 Å². The van der Waals surface area contributed by atoms with E-state index in [2.05, 4.69) is 0 Å². The van der Waals surface area contributed by atoms with Crippen molar-refractivity contribution < 1.29 is 19.1 Å². The summed E-state index contributed by atoms with van der Waals surface area (Å²) in [5.74, 6) is 0.826. The molecule has 1 aromatic rings. The lowest BCUT2D eigenvalue weighted by Gasteiger charge is -2.19. The number of hydrogen-bond donors (Lipinski definition) is 1. The summed E-state index contributed by atoms with van der Waals surface area (Å²) in [5.41, 5.74) is 0.455. The Bertz CT molecular complexity index is 468. The van der Waals surface area contributed by atoms with E-state index in [1.165, 1.54) is 16.7 Å². The van der Waals surface area contributed by atoms with Crippen LogP contribution >= 0.6 is 11.8 Å². The number of carboxylic acids is 1. The van der Waals surface area contributed by atoms with Crippen molar-refractivity contribution in [1.82, 2.24) is 4.90 Å². The molecule has 2 rings (SSSR count). The van der Waals surface area contributed by atoms with Crippen molar-refractivity contribution in [3.63, 3.8) is 0 Å². The van der Waals surface area contributed by atoms with Gasteiger partial charge < -0.3 is 14.4 Å². The van der Waals surface area contributed by atoms with Crippen LogP contribution in [0, 0.1) is 13.8 Å². The van der Waals surface area contributed by atoms with Gasteiger partial charge in [0.2, 0.25) is 0 Å². The Morgan fingerprint density at radius 3 is 2.76 bits per heavy atom. The Morgan fingerprint density at radius 2 is 2.24 bits per heavy atom. The number of thioether (sulfide) groups is 1. The van der Waals surface area contributed by atoms with Crippen LogP contribution in [0.15, 0.2) is 10.5 Å². The molecule has 1 fully saturated rings. The molecule has 1 aliphatic heterocycles. The molecule has 1 N–H and O–H groups in total. The lowest BCUT2D eigenvalue weighted by molar-refractivity contribution is -0.140. The van der Waals surface area contributed by atoms with Crippen LogP contribution in [0.25, 0.3) is 0 Å². The van der Waals surface area contributed by atoms with E-state index in [4.69, 9.17) is 9.52 Å². The number of rotatable bonds is 2. The number of carboxylic acid groups (broad SMARTS) is 1. The minimum atomic E-state index is -0.957. The van der Waals surface area contributed by atoms with E-state index in [0.29, 0.717) is 28.7 Å². The molecular weight excluding hydrogens is 242 g/mol. The Hall–Kier alpha value is -1.43. The zero-order valence-electron chi connectivity index (χ0n) is 9.60. The van der Waals surface area contributed by atoms with Gasteiger partial charge in [0.05, 0.1) is 11.4 Å². The van der Waals surface area contributed by atoms with Crippen LogP contribution in [-0.2, 0) is 4.79 Å². The maximum Gasteiger partial charge on any atom is 0.327 e. The van der Waals surface area contributed by atoms with Crippen molar-refractivity contribution in [3.8, 4) is 0 Å². The third kappa shape index (κ3) is 2.17. The zero-order chi connectivity index (χ0) is 12.6. The van der Waals surface area contributed by atoms with E-state index in [-0.39, 0.29) is 5.91 Å². The molecule has 0 aromatic carbocycles. The van der Waals surface area contributed by atoms with Crippen LogP contribution in [-0.4, -0.2) is 39.6 Å². The normalized spacial score (nSPS) is 19.6. The van der Waals surface area contributed by atoms with E-state index >= 15 is 0 Å². The second-order valence-electron chi connectivity index (χ2n) is 3.96. The lowest BCUT2D eigenvalue weighted by Crippen LogP contribution is -2.41. The summed E-state index contributed by atoms with van der Waals surface area (Å²) in [6.07, 6.45) is 0. The minimum Gasteiger partial charge on any atom is -0.480 e. The van der Waals surface area contributed by atoms with Crippen molar-refractivity contribution in [3.05, 3.63) is 23.2 Å². The lowest BCUT2D eigenvalue weighted by atomic mass is 10.2. The van der Waals surface area contributed by atoms with Gasteiger partial charge in [-0.25, -0.2) is 4.79 Å². The largest absolute Gasteiger partial charge is 0.480 e. The molecule has 92 valence electrons. The molecule has 1 amide bonds. The standard InChI is InChI=1S/C11H13NO4S/c1-6-3-8(7(2)16-6)10(13)12-5-17-4-9(12)11(14)15/h3,9H,4-5H2,1-2H3,(H,14,15). The van der Waals surface area contributed by atoms with E-state index < -0.39 is 12.0 Å². The average Bonchev–Trinajstić information content (AvgIpc) is 2.83. The highest BCUT2D eigenvalue weighted by Gasteiger charge is 2.36. The fraction of sp³-hybridized carbons (Fsp3) is 0.455. The predicted molar refractivity (Wildman–Crippen MR) is 63.1 cm³/mol. The fourth-order valence-corrected chi connectivity index (χ4v) is 2.99. The van der Waals surface area contributed by atoms with Gasteiger partial charge in [-0.1, -0.05) is 0 Å². The van der Waals surface area contributed by atoms with Gasteiger partial charge in [-0.05, 0) is 19.9 Å². The van der Waals surface area contributed by atoms with E-state index in [1.807, 2.05) is 0 Å². The van der Waals surface area contributed by atoms with E-state index in [9.17, 15) is 9.59 Å². The predicted octanol–water partition coefficient (Wildman–Crippen LogP) is 1.50. The zero-order valence-corrected chi connectivity index (χ0v) is 10.4. The topological polar surface area (TPSA) is 70.8 Å². The number of aryl methyl sites for hydroxylation is 2. The number of furan rings is 1. The summed E-state index contributed by atoms with van der Waals surface area (Å²) in [6, 6.07) is 0.918. The number of carbonyl (C=O) groups excluding carboxylic acids is 1. The molecule has 1 atom stereocenters. The monoisotopic (exact) mass is 255 g/mol. The average molecular weight is 255 g/mol. The molecule has 1 saturated heterocycles. The van der Waals surface area contributed by atoms with Gasteiger partial charge in [0.15, 0.2) is 0 Å². The number of carbonyl (C=O) groups is 2. The number of hydrogen-bond acceptors (Lipinski definition) is 4. The maximum atomic E-state index is 12.2. The minimum absolute atomic E-state index is 0.267.